The fourth-order valence-corrected chi connectivity index (χ4v) is 5.19. The number of carbonyl (C=O) groups is 1. The van der Waals surface area contributed by atoms with Crippen LogP contribution >= 0.6 is 0 Å². The van der Waals surface area contributed by atoms with Gasteiger partial charge in [0.1, 0.15) is 11.6 Å². The summed E-state index contributed by atoms with van der Waals surface area (Å²) in [6.07, 6.45) is 0. The lowest BCUT2D eigenvalue weighted by Crippen LogP contribution is -2.46. The Labute approximate surface area is 191 Å². The Morgan fingerprint density at radius 1 is 0.939 bits per heavy atom. The molecule has 3 atom stereocenters. The Morgan fingerprint density at radius 2 is 1.52 bits per heavy atom. The number of hydrogen-bond donors (Lipinski definition) is 2. The molecule has 0 bridgehead atoms. The predicted octanol–water partition coefficient (Wildman–Crippen LogP) is 3.69. The molecule has 1 heterocycles. The van der Waals surface area contributed by atoms with Crippen LogP contribution < -0.4 is 5.32 Å². The molecule has 4 nitrogen and oxygen atoms in total. The van der Waals surface area contributed by atoms with E-state index in [9.17, 15) is 18.7 Å². The van der Waals surface area contributed by atoms with Gasteiger partial charge in [0.25, 0.3) is 5.91 Å². The second-order valence-electron chi connectivity index (χ2n) is 9.07. The minimum absolute atomic E-state index is 0.346. The van der Waals surface area contributed by atoms with Gasteiger partial charge in [-0.2, -0.15) is 0 Å². The van der Waals surface area contributed by atoms with E-state index in [0.29, 0.717) is 47.5 Å². The zero-order valence-corrected chi connectivity index (χ0v) is 18.1. The van der Waals surface area contributed by atoms with Crippen molar-refractivity contribution >= 4 is 5.91 Å². The lowest BCUT2D eigenvalue weighted by atomic mass is 9.85. The summed E-state index contributed by atoms with van der Waals surface area (Å²) in [6, 6.07) is 21.6. The summed E-state index contributed by atoms with van der Waals surface area (Å²) in [5.41, 5.74) is -0.216. The van der Waals surface area contributed by atoms with Crippen LogP contribution in [0.2, 0.25) is 0 Å². The molecule has 3 aromatic rings. The van der Waals surface area contributed by atoms with Gasteiger partial charge in [-0.25, -0.2) is 8.78 Å². The molecular formula is C27H26F2N2O2. The van der Waals surface area contributed by atoms with Crippen LogP contribution in [-0.4, -0.2) is 35.5 Å². The number of hydrogen-bond acceptors (Lipinski definition) is 3. The predicted molar refractivity (Wildman–Crippen MR) is 121 cm³/mol. The second kappa shape index (κ2) is 8.69. The molecule has 170 valence electrons. The molecule has 2 fully saturated rings. The normalized spacial score (nSPS) is 22.1. The molecular weight excluding hydrogens is 422 g/mol. The van der Waals surface area contributed by atoms with E-state index in [2.05, 4.69) is 10.2 Å². The van der Waals surface area contributed by atoms with Crippen molar-refractivity contribution in [2.45, 2.75) is 12.1 Å². The van der Waals surface area contributed by atoms with Gasteiger partial charge in [0.15, 0.2) is 5.60 Å². The average Bonchev–Trinajstić information content (AvgIpc) is 3.29. The van der Waals surface area contributed by atoms with Crippen LogP contribution in [0.5, 0.6) is 0 Å². The summed E-state index contributed by atoms with van der Waals surface area (Å²) in [5.74, 6) is -0.289. The Morgan fingerprint density at radius 3 is 2.06 bits per heavy atom. The number of fused-ring (bicyclic) bond motifs is 1. The van der Waals surface area contributed by atoms with Crippen LogP contribution in [0.4, 0.5) is 8.78 Å². The monoisotopic (exact) mass is 448 g/mol. The number of rotatable bonds is 7. The molecule has 2 aliphatic rings. The van der Waals surface area contributed by atoms with E-state index in [0.717, 1.165) is 19.2 Å². The third-order valence-electron chi connectivity index (χ3n) is 7.07. The molecule has 6 heteroatoms. The molecule has 0 spiro atoms. The number of halogens is 2. The standard InChI is InChI=1S/C27H26F2N2O2/c28-21-12-11-18(25(29)13-21)15-31-16-23-22(24(23)17-31)14-30-26(32)27(33,19-7-3-1-4-8-19)20-9-5-2-6-10-20/h1-13,22-24,33H,14-17H2,(H,30,32)/t22?,23-,24+. The molecule has 1 amide bonds. The largest absolute Gasteiger partial charge is 0.372 e. The first-order valence-electron chi connectivity index (χ1n) is 11.2. The summed E-state index contributed by atoms with van der Waals surface area (Å²) in [7, 11) is 0. The Kier molecular flexibility index (Phi) is 5.72. The number of likely N-dealkylation sites (tertiary alicyclic amines) is 1. The lowest BCUT2D eigenvalue weighted by molar-refractivity contribution is -0.136. The van der Waals surface area contributed by atoms with Crippen LogP contribution in [0, 0.1) is 29.4 Å². The van der Waals surface area contributed by atoms with Gasteiger partial charge in [0.2, 0.25) is 0 Å². The molecule has 1 aliphatic carbocycles. The van der Waals surface area contributed by atoms with Crippen molar-refractivity contribution in [1.29, 1.82) is 0 Å². The molecule has 0 aromatic heterocycles. The number of aliphatic hydroxyl groups is 1. The number of carbonyl (C=O) groups excluding carboxylic acids is 1. The van der Waals surface area contributed by atoms with E-state index in [4.69, 9.17) is 0 Å². The topological polar surface area (TPSA) is 52.6 Å². The fraction of sp³-hybridized carbons (Fsp3) is 0.296. The molecule has 1 saturated heterocycles. The van der Waals surface area contributed by atoms with E-state index < -0.39 is 23.1 Å². The third kappa shape index (κ3) is 4.16. The number of nitrogens with one attached hydrogen (secondary N) is 1. The Bertz CT molecular complexity index is 1090. The van der Waals surface area contributed by atoms with Crippen molar-refractivity contribution in [3.63, 3.8) is 0 Å². The number of amides is 1. The van der Waals surface area contributed by atoms with E-state index >= 15 is 0 Å². The molecule has 33 heavy (non-hydrogen) atoms. The van der Waals surface area contributed by atoms with Crippen LogP contribution in [0.25, 0.3) is 0 Å². The maximum atomic E-state index is 14.0. The van der Waals surface area contributed by atoms with Crippen molar-refractivity contribution in [3.8, 4) is 0 Å². The van der Waals surface area contributed by atoms with Crippen molar-refractivity contribution in [3.05, 3.63) is 107 Å². The fourth-order valence-electron chi connectivity index (χ4n) is 5.19. The zero-order valence-electron chi connectivity index (χ0n) is 18.1. The minimum Gasteiger partial charge on any atom is -0.372 e. The van der Waals surface area contributed by atoms with Crippen LogP contribution in [0.15, 0.2) is 78.9 Å². The zero-order chi connectivity index (χ0) is 23.0. The molecule has 2 N–H and O–H groups in total. The van der Waals surface area contributed by atoms with Gasteiger partial charge < -0.3 is 10.4 Å². The Balaban J connectivity index is 1.20. The Hall–Kier alpha value is -3.09. The quantitative estimate of drug-likeness (QED) is 0.580. The highest BCUT2D eigenvalue weighted by Crippen LogP contribution is 2.51. The van der Waals surface area contributed by atoms with Gasteiger partial charge >= 0.3 is 0 Å². The lowest BCUT2D eigenvalue weighted by Gasteiger charge is -2.28. The number of benzene rings is 3. The van der Waals surface area contributed by atoms with Crippen molar-refractivity contribution < 1.29 is 18.7 Å². The van der Waals surface area contributed by atoms with Crippen molar-refractivity contribution in [2.24, 2.45) is 17.8 Å². The summed E-state index contributed by atoms with van der Waals surface area (Å²) in [5, 5.41) is 14.5. The first-order chi connectivity index (χ1) is 16.0. The van der Waals surface area contributed by atoms with Gasteiger partial charge in [-0.1, -0.05) is 66.7 Å². The highest BCUT2D eigenvalue weighted by atomic mass is 19.1. The minimum atomic E-state index is -1.77. The van der Waals surface area contributed by atoms with E-state index in [1.165, 1.54) is 12.1 Å². The summed E-state index contributed by atoms with van der Waals surface area (Å²) in [6.45, 7) is 2.60. The smallest absolute Gasteiger partial charge is 0.261 e. The molecule has 3 aromatic carbocycles. The van der Waals surface area contributed by atoms with Crippen LogP contribution in [-0.2, 0) is 16.9 Å². The maximum absolute atomic E-state index is 14.0. The number of piperidine rings is 1. The SMILES string of the molecule is O=C(NCC1[C@H]2CN(Cc3ccc(F)cc3F)C[C@@H]12)C(O)(c1ccccc1)c1ccccc1. The third-order valence-corrected chi connectivity index (χ3v) is 7.07. The molecule has 1 aliphatic heterocycles. The summed E-state index contributed by atoms with van der Waals surface area (Å²) < 4.78 is 27.1. The average molecular weight is 449 g/mol. The van der Waals surface area contributed by atoms with Crippen LogP contribution in [0.1, 0.15) is 16.7 Å². The highest BCUT2D eigenvalue weighted by molar-refractivity contribution is 5.90. The van der Waals surface area contributed by atoms with Crippen LogP contribution in [0.3, 0.4) is 0 Å². The number of nitrogens with zero attached hydrogens (tertiary/aromatic N) is 1. The van der Waals surface area contributed by atoms with E-state index in [1.807, 2.05) is 12.1 Å². The van der Waals surface area contributed by atoms with Crippen molar-refractivity contribution in [2.75, 3.05) is 19.6 Å². The molecule has 1 saturated carbocycles. The van der Waals surface area contributed by atoms with Gasteiger partial charge in [0, 0.05) is 37.8 Å². The van der Waals surface area contributed by atoms with E-state index in [-0.39, 0.29) is 0 Å². The first-order valence-corrected chi connectivity index (χ1v) is 11.2. The maximum Gasteiger partial charge on any atom is 0.261 e. The second-order valence-corrected chi connectivity index (χ2v) is 9.07. The van der Waals surface area contributed by atoms with Gasteiger partial charge in [-0.05, 0) is 34.9 Å². The van der Waals surface area contributed by atoms with Gasteiger partial charge in [-0.15, -0.1) is 0 Å². The molecule has 0 radical (unpaired) electrons. The van der Waals surface area contributed by atoms with Crippen molar-refractivity contribution in [1.82, 2.24) is 10.2 Å². The highest BCUT2D eigenvalue weighted by Gasteiger charge is 2.55. The van der Waals surface area contributed by atoms with Gasteiger partial charge in [-0.3, -0.25) is 9.69 Å². The molecule has 5 rings (SSSR count). The molecule has 1 unspecified atom stereocenters. The van der Waals surface area contributed by atoms with E-state index in [1.54, 1.807) is 48.5 Å². The first kappa shape index (κ1) is 21.7. The summed E-state index contributed by atoms with van der Waals surface area (Å²) in [4.78, 5) is 15.4. The van der Waals surface area contributed by atoms with Gasteiger partial charge in [0.05, 0.1) is 0 Å². The summed E-state index contributed by atoms with van der Waals surface area (Å²) >= 11 is 0.